The third-order valence-electron chi connectivity index (χ3n) is 8.13. The number of hydrogen-bond donors (Lipinski definition) is 0. The standard InChI is InChI=1S/C24H30O5/c1-14(25)29-20-13-24(3)16(12-21(27)28-4)6-8-19(24)18-7-5-15-11-17(26)9-10-23(15,2)22(18)20/h9-12,18-20,22H,5-8,13H2,1-4H3/t18-,19-,20+,22+,23-,24+/m0/s1. The molecule has 3 fully saturated rings. The summed E-state index contributed by atoms with van der Waals surface area (Å²) in [6, 6.07) is 0. The number of carbonyl (C=O) groups excluding carboxylic acids is 3. The quantitative estimate of drug-likeness (QED) is 0.521. The summed E-state index contributed by atoms with van der Waals surface area (Å²) in [5.74, 6) is 0.405. The number of allylic oxidation sites excluding steroid dienone is 5. The summed E-state index contributed by atoms with van der Waals surface area (Å²) >= 11 is 0. The van der Waals surface area contributed by atoms with Crippen LogP contribution in [0.5, 0.6) is 0 Å². The predicted molar refractivity (Wildman–Crippen MR) is 108 cm³/mol. The lowest BCUT2D eigenvalue weighted by molar-refractivity contribution is -0.166. The molecule has 0 aromatic rings. The third kappa shape index (κ3) is 3.10. The zero-order chi connectivity index (χ0) is 21.0. The molecule has 5 nitrogen and oxygen atoms in total. The second-order valence-corrected chi connectivity index (χ2v) is 9.52. The molecule has 0 unspecified atom stereocenters. The maximum atomic E-state index is 12.0. The Hall–Kier alpha value is -2.17. The van der Waals surface area contributed by atoms with Crippen LogP contribution in [0.15, 0.2) is 35.5 Å². The Morgan fingerprint density at radius 3 is 2.66 bits per heavy atom. The average Bonchev–Trinajstić information content (AvgIpc) is 2.97. The summed E-state index contributed by atoms with van der Waals surface area (Å²) in [6.07, 6.45) is 11.4. The topological polar surface area (TPSA) is 69.7 Å². The summed E-state index contributed by atoms with van der Waals surface area (Å²) in [4.78, 5) is 36.0. The first-order valence-corrected chi connectivity index (χ1v) is 10.6. The lowest BCUT2D eigenvalue weighted by atomic mass is 9.47. The maximum absolute atomic E-state index is 12.0. The molecule has 0 bridgehead atoms. The third-order valence-corrected chi connectivity index (χ3v) is 8.13. The monoisotopic (exact) mass is 398 g/mol. The normalized spacial score (nSPS) is 41.9. The Morgan fingerprint density at radius 2 is 1.97 bits per heavy atom. The van der Waals surface area contributed by atoms with Crippen LogP contribution in [0.4, 0.5) is 0 Å². The van der Waals surface area contributed by atoms with E-state index in [9.17, 15) is 14.4 Å². The first-order chi connectivity index (χ1) is 13.7. The summed E-state index contributed by atoms with van der Waals surface area (Å²) < 4.78 is 10.8. The van der Waals surface area contributed by atoms with Crippen molar-refractivity contribution in [1.82, 2.24) is 0 Å². The van der Waals surface area contributed by atoms with Gasteiger partial charge in [-0.15, -0.1) is 0 Å². The number of ketones is 1. The van der Waals surface area contributed by atoms with Gasteiger partial charge in [0, 0.05) is 24.3 Å². The summed E-state index contributed by atoms with van der Waals surface area (Å²) in [5.41, 5.74) is 1.83. The minimum Gasteiger partial charge on any atom is -0.466 e. The Bertz CT molecular complexity index is 849. The molecule has 0 radical (unpaired) electrons. The first-order valence-electron chi connectivity index (χ1n) is 10.6. The van der Waals surface area contributed by atoms with Crippen LogP contribution >= 0.6 is 0 Å². The highest BCUT2D eigenvalue weighted by molar-refractivity contribution is 6.01. The molecule has 0 spiro atoms. The molecule has 4 aliphatic carbocycles. The van der Waals surface area contributed by atoms with E-state index in [-0.39, 0.29) is 40.6 Å². The lowest BCUT2D eigenvalue weighted by Gasteiger charge is -2.58. The van der Waals surface area contributed by atoms with Crippen molar-refractivity contribution in [1.29, 1.82) is 0 Å². The van der Waals surface area contributed by atoms with Gasteiger partial charge in [0.15, 0.2) is 5.78 Å². The zero-order valence-corrected chi connectivity index (χ0v) is 17.7. The highest BCUT2D eigenvalue weighted by atomic mass is 16.5. The van der Waals surface area contributed by atoms with Crippen molar-refractivity contribution in [2.45, 2.75) is 59.0 Å². The van der Waals surface area contributed by atoms with Gasteiger partial charge in [0.2, 0.25) is 0 Å². The van der Waals surface area contributed by atoms with Gasteiger partial charge in [0.1, 0.15) is 6.10 Å². The molecular formula is C24H30O5. The number of fused-ring (bicyclic) bond motifs is 5. The van der Waals surface area contributed by atoms with E-state index in [4.69, 9.17) is 9.47 Å². The van der Waals surface area contributed by atoms with Crippen molar-refractivity contribution in [3.8, 4) is 0 Å². The average molecular weight is 398 g/mol. The van der Waals surface area contributed by atoms with Gasteiger partial charge < -0.3 is 9.47 Å². The van der Waals surface area contributed by atoms with Gasteiger partial charge in [0.25, 0.3) is 0 Å². The molecule has 0 amide bonds. The fourth-order valence-corrected chi connectivity index (χ4v) is 6.90. The Balaban J connectivity index is 1.77. The van der Waals surface area contributed by atoms with E-state index in [1.807, 2.05) is 6.08 Å². The van der Waals surface area contributed by atoms with Gasteiger partial charge in [-0.2, -0.15) is 0 Å². The Kier molecular flexibility index (Phi) is 4.83. The largest absolute Gasteiger partial charge is 0.466 e. The van der Waals surface area contributed by atoms with E-state index in [1.165, 1.54) is 14.0 Å². The number of rotatable bonds is 2. The van der Waals surface area contributed by atoms with Crippen LogP contribution in [0.1, 0.15) is 52.9 Å². The van der Waals surface area contributed by atoms with Crippen molar-refractivity contribution in [3.05, 3.63) is 35.5 Å². The highest BCUT2D eigenvalue weighted by Gasteiger charge is 2.61. The maximum Gasteiger partial charge on any atom is 0.330 e. The molecule has 4 aliphatic rings. The molecule has 0 N–H and O–H groups in total. The van der Waals surface area contributed by atoms with Crippen LogP contribution in [-0.4, -0.2) is 30.9 Å². The second-order valence-electron chi connectivity index (χ2n) is 9.52. The van der Waals surface area contributed by atoms with Crippen molar-refractivity contribution in [2.24, 2.45) is 28.6 Å². The van der Waals surface area contributed by atoms with Gasteiger partial charge >= 0.3 is 11.9 Å². The molecule has 5 heteroatoms. The zero-order valence-electron chi connectivity index (χ0n) is 17.7. The van der Waals surface area contributed by atoms with Gasteiger partial charge in [-0.25, -0.2) is 4.79 Å². The van der Waals surface area contributed by atoms with Crippen LogP contribution in [0.2, 0.25) is 0 Å². The van der Waals surface area contributed by atoms with Crippen molar-refractivity contribution >= 4 is 17.7 Å². The Morgan fingerprint density at radius 1 is 1.21 bits per heavy atom. The van der Waals surface area contributed by atoms with Crippen LogP contribution in [0, 0.1) is 28.6 Å². The molecular weight excluding hydrogens is 368 g/mol. The number of ether oxygens (including phenoxy) is 2. The van der Waals surface area contributed by atoms with E-state index < -0.39 is 0 Å². The van der Waals surface area contributed by atoms with Crippen molar-refractivity contribution in [2.75, 3.05) is 7.11 Å². The van der Waals surface area contributed by atoms with Gasteiger partial charge in [-0.1, -0.05) is 31.1 Å². The van der Waals surface area contributed by atoms with Crippen LogP contribution in [0.3, 0.4) is 0 Å². The van der Waals surface area contributed by atoms with Crippen molar-refractivity contribution in [3.63, 3.8) is 0 Å². The van der Waals surface area contributed by atoms with E-state index in [0.717, 1.165) is 36.8 Å². The molecule has 0 aliphatic heterocycles. The highest BCUT2D eigenvalue weighted by Crippen LogP contribution is 2.66. The fourth-order valence-electron chi connectivity index (χ4n) is 6.90. The predicted octanol–water partition coefficient (Wildman–Crippen LogP) is 3.94. The summed E-state index contributed by atoms with van der Waals surface area (Å²) in [5, 5.41) is 0. The van der Waals surface area contributed by atoms with Gasteiger partial charge in [0.05, 0.1) is 7.11 Å². The minimum absolute atomic E-state index is 0.0461. The molecule has 3 saturated carbocycles. The van der Waals surface area contributed by atoms with Crippen molar-refractivity contribution < 1.29 is 23.9 Å². The van der Waals surface area contributed by atoms with Crippen LogP contribution in [-0.2, 0) is 23.9 Å². The summed E-state index contributed by atoms with van der Waals surface area (Å²) in [6.45, 7) is 5.88. The van der Waals surface area contributed by atoms with E-state index >= 15 is 0 Å². The number of hydrogen-bond acceptors (Lipinski definition) is 5. The molecule has 4 rings (SSSR count). The molecule has 0 heterocycles. The van der Waals surface area contributed by atoms with Crippen LogP contribution in [0.25, 0.3) is 0 Å². The minimum atomic E-state index is -0.317. The van der Waals surface area contributed by atoms with E-state index in [0.29, 0.717) is 18.3 Å². The second kappa shape index (κ2) is 6.96. The van der Waals surface area contributed by atoms with E-state index in [2.05, 4.69) is 13.8 Å². The fraction of sp³-hybridized carbons (Fsp3) is 0.625. The number of methoxy groups -OCH3 is 1. The van der Waals surface area contributed by atoms with Gasteiger partial charge in [-0.3, -0.25) is 9.59 Å². The first kappa shape index (κ1) is 20.1. The smallest absolute Gasteiger partial charge is 0.330 e. The van der Waals surface area contributed by atoms with Crippen LogP contribution < -0.4 is 0 Å². The Labute approximate surface area is 172 Å². The SMILES string of the molecule is COC(=O)C=C1CC[C@H]2[C@@H]3CCC4=CC(=O)C=C[C@]4(C)[C@H]3[C@H](OC(C)=O)C[C@]12C. The lowest BCUT2D eigenvalue weighted by Crippen LogP contribution is -2.56. The molecule has 0 aromatic heterocycles. The van der Waals surface area contributed by atoms with E-state index in [1.54, 1.807) is 18.2 Å². The summed E-state index contributed by atoms with van der Waals surface area (Å²) in [7, 11) is 1.40. The number of esters is 2. The van der Waals surface area contributed by atoms with Gasteiger partial charge in [-0.05, 0) is 61.5 Å². The molecule has 156 valence electrons. The number of carbonyl (C=O) groups is 3. The molecule has 0 saturated heterocycles. The molecule has 6 atom stereocenters. The molecule has 29 heavy (non-hydrogen) atoms. The molecule has 0 aromatic carbocycles.